The molecule has 32 heavy (non-hydrogen) atoms. The Morgan fingerprint density at radius 1 is 1.41 bits per heavy atom. The molecular weight excluding hydrogens is 447 g/mol. The van der Waals surface area contributed by atoms with Crippen molar-refractivity contribution >= 4 is 25.5 Å². The Labute approximate surface area is 183 Å². The fraction of sp³-hybridized carbons (Fsp3) is 0.500. The minimum atomic E-state index is -4.25. The van der Waals surface area contributed by atoms with Gasteiger partial charge in [-0.25, -0.2) is 9.36 Å². The molecule has 3 heterocycles. The molecule has 7 N–H and O–H groups in total. The number of nitrogens with one attached hydrogen (secondary N) is 1. The summed E-state index contributed by atoms with van der Waals surface area (Å²) in [6.45, 7) is 4.99. The number of rotatable bonds is 6. The standard InChI is InChI=1S/C15H18N4O5.C3H7O4P/c1-5-9(16)12(21)8-6(4-24-14(17)22)15(23-2)13-7(18-13)3-19(15)10(8)11(5)20;1-2-3-7-8(4,5)6/h6-7,13,18H,3-4,16H2,1-2H3,(H2,17,22);2H,1,3H2,(H2,4,5,6)/t6-,7+,13+,15-;/m1./s1. The van der Waals surface area contributed by atoms with Gasteiger partial charge in [0, 0.05) is 30.8 Å². The highest BCUT2D eigenvalue weighted by molar-refractivity contribution is 7.46. The molecule has 13 nitrogen and oxygen atoms in total. The quantitative estimate of drug-likeness (QED) is 0.131. The lowest BCUT2D eigenvalue weighted by atomic mass is 9.82. The van der Waals surface area contributed by atoms with Crippen molar-refractivity contribution in [3.05, 3.63) is 35.2 Å². The van der Waals surface area contributed by atoms with E-state index in [9.17, 15) is 18.9 Å². The summed E-state index contributed by atoms with van der Waals surface area (Å²) in [6.07, 6.45) is 0.313. The number of ether oxygens (including phenoxy) is 2. The minimum Gasteiger partial charge on any atom is -0.449 e. The smallest absolute Gasteiger partial charge is 0.449 e. The van der Waals surface area contributed by atoms with Crippen LogP contribution in [-0.2, 0) is 28.2 Å². The number of fused-ring (bicyclic) bond motifs is 4. The fourth-order valence-corrected chi connectivity index (χ4v) is 4.76. The van der Waals surface area contributed by atoms with Crippen molar-refractivity contribution in [3.63, 3.8) is 0 Å². The van der Waals surface area contributed by atoms with Gasteiger partial charge in [0.15, 0.2) is 5.72 Å². The topological polar surface area (TPSA) is 214 Å². The number of piperazine rings is 1. The summed E-state index contributed by atoms with van der Waals surface area (Å²) in [5.41, 5.74) is 10.7. The molecule has 0 aromatic heterocycles. The van der Waals surface area contributed by atoms with Crippen molar-refractivity contribution in [2.75, 3.05) is 26.9 Å². The van der Waals surface area contributed by atoms with Gasteiger partial charge in [0.2, 0.25) is 11.6 Å². The number of ketones is 2. The average molecular weight is 472 g/mol. The third kappa shape index (κ3) is 3.87. The highest BCUT2D eigenvalue weighted by Gasteiger charge is 2.72. The predicted octanol–water partition coefficient (Wildman–Crippen LogP) is -1.37. The predicted molar refractivity (Wildman–Crippen MR) is 108 cm³/mol. The summed E-state index contributed by atoms with van der Waals surface area (Å²) in [4.78, 5) is 54.4. The van der Waals surface area contributed by atoms with Gasteiger partial charge in [0.1, 0.15) is 6.61 Å². The van der Waals surface area contributed by atoms with Gasteiger partial charge in [-0.1, -0.05) is 6.08 Å². The second-order valence-corrected chi connectivity index (χ2v) is 8.77. The SMILES string of the molecule is C=CCOP(=O)(O)O.CO[C@@]12[C@H](COC(N)=O)C3=C(C(=O)C(C)=C(N)C3=O)N1C[C@@H]1N[C@@H]12. The Balaban J connectivity index is 0.000000312. The molecule has 4 rings (SSSR count). The van der Waals surface area contributed by atoms with E-state index in [2.05, 4.69) is 16.4 Å². The number of phosphoric acid groups is 1. The number of amides is 1. The number of nitrogens with zero attached hydrogens (tertiary/aromatic N) is 1. The van der Waals surface area contributed by atoms with E-state index in [1.165, 1.54) is 20.1 Å². The molecule has 0 bridgehead atoms. The number of methoxy groups -OCH3 is 1. The van der Waals surface area contributed by atoms with Crippen LogP contribution < -0.4 is 16.8 Å². The summed E-state index contributed by atoms with van der Waals surface area (Å²) in [5, 5.41) is 3.28. The maximum atomic E-state index is 12.8. The summed E-state index contributed by atoms with van der Waals surface area (Å²) in [6, 6.07) is 0.109. The highest BCUT2D eigenvalue weighted by atomic mass is 31.2. The van der Waals surface area contributed by atoms with Crippen LogP contribution in [0, 0.1) is 5.92 Å². The van der Waals surface area contributed by atoms with Crippen LogP contribution in [0.4, 0.5) is 4.79 Å². The van der Waals surface area contributed by atoms with Crippen molar-refractivity contribution in [3.8, 4) is 0 Å². The highest BCUT2D eigenvalue weighted by Crippen LogP contribution is 2.55. The number of carbonyl (C=O) groups is 3. The molecule has 0 aromatic rings. The molecular formula is C18H25N4O9P. The van der Waals surface area contributed by atoms with Gasteiger partial charge in [0.05, 0.1) is 30.0 Å². The number of carbonyl (C=O) groups excluding carboxylic acids is 3. The van der Waals surface area contributed by atoms with Crippen molar-refractivity contribution < 1.29 is 42.7 Å². The summed E-state index contributed by atoms with van der Waals surface area (Å²) >= 11 is 0. The maximum Gasteiger partial charge on any atom is 0.469 e. The summed E-state index contributed by atoms with van der Waals surface area (Å²) in [5.74, 6) is -1.34. The molecule has 14 heteroatoms. The van der Waals surface area contributed by atoms with Crippen LogP contribution in [-0.4, -0.2) is 77.0 Å². The number of primary amides is 1. The van der Waals surface area contributed by atoms with E-state index in [0.29, 0.717) is 12.2 Å². The third-order valence-electron chi connectivity index (χ3n) is 5.84. The molecule has 2 saturated heterocycles. The van der Waals surface area contributed by atoms with Crippen LogP contribution in [0.25, 0.3) is 0 Å². The molecule has 176 valence electrons. The second-order valence-electron chi connectivity index (χ2n) is 7.53. The Morgan fingerprint density at radius 2 is 2.06 bits per heavy atom. The molecule has 0 aromatic carbocycles. The lowest BCUT2D eigenvalue weighted by molar-refractivity contribution is -0.137. The lowest BCUT2D eigenvalue weighted by Gasteiger charge is -2.39. The van der Waals surface area contributed by atoms with Gasteiger partial charge in [-0.3, -0.25) is 14.1 Å². The Bertz CT molecular complexity index is 987. The molecule has 3 aliphatic heterocycles. The van der Waals surface area contributed by atoms with Crippen molar-refractivity contribution in [1.29, 1.82) is 0 Å². The van der Waals surface area contributed by atoms with Crippen LogP contribution in [0.1, 0.15) is 6.92 Å². The van der Waals surface area contributed by atoms with Gasteiger partial charge < -0.3 is 40.9 Å². The summed E-state index contributed by atoms with van der Waals surface area (Å²) in [7, 11) is -2.74. The van der Waals surface area contributed by atoms with Crippen LogP contribution in [0.3, 0.4) is 0 Å². The first-order chi connectivity index (χ1) is 14.9. The van der Waals surface area contributed by atoms with E-state index < -0.39 is 31.3 Å². The van der Waals surface area contributed by atoms with E-state index >= 15 is 0 Å². The van der Waals surface area contributed by atoms with Crippen LogP contribution >= 0.6 is 7.82 Å². The van der Waals surface area contributed by atoms with E-state index in [-0.39, 0.29) is 47.9 Å². The molecule has 0 saturated carbocycles. The van der Waals surface area contributed by atoms with E-state index in [4.69, 9.17) is 30.7 Å². The monoisotopic (exact) mass is 472 g/mol. The Kier molecular flexibility index (Phi) is 6.35. The van der Waals surface area contributed by atoms with Crippen LogP contribution in [0.2, 0.25) is 0 Å². The van der Waals surface area contributed by atoms with Crippen molar-refractivity contribution in [2.45, 2.75) is 24.7 Å². The van der Waals surface area contributed by atoms with Gasteiger partial charge in [0.25, 0.3) is 0 Å². The molecule has 0 radical (unpaired) electrons. The van der Waals surface area contributed by atoms with E-state index in [1.54, 1.807) is 0 Å². The summed E-state index contributed by atoms with van der Waals surface area (Å²) < 4.78 is 24.5. The largest absolute Gasteiger partial charge is 0.469 e. The number of phosphoric ester groups is 1. The third-order valence-corrected chi connectivity index (χ3v) is 6.32. The number of allylic oxidation sites excluding steroid dienone is 2. The van der Waals surface area contributed by atoms with Crippen LogP contribution in [0.15, 0.2) is 35.2 Å². The lowest BCUT2D eigenvalue weighted by Crippen LogP contribution is -2.55. The number of hydrogen-bond donors (Lipinski definition) is 5. The molecule has 2 fully saturated rings. The van der Waals surface area contributed by atoms with Gasteiger partial charge in [-0.05, 0) is 6.92 Å². The minimum absolute atomic E-state index is 0.0586. The molecule has 4 aliphatic rings. The number of nitrogens with two attached hydrogens (primary N) is 2. The second kappa shape index (κ2) is 8.43. The Morgan fingerprint density at radius 3 is 2.56 bits per heavy atom. The van der Waals surface area contributed by atoms with Crippen molar-refractivity contribution in [1.82, 2.24) is 10.2 Å². The molecule has 4 atom stereocenters. The maximum absolute atomic E-state index is 12.8. The van der Waals surface area contributed by atoms with Gasteiger partial charge >= 0.3 is 13.9 Å². The molecule has 0 spiro atoms. The molecule has 0 unspecified atom stereocenters. The first-order valence-electron chi connectivity index (χ1n) is 9.52. The zero-order valence-electron chi connectivity index (χ0n) is 17.4. The normalized spacial score (nSPS) is 30.4. The van der Waals surface area contributed by atoms with Gasteiger partial charge in [-0.2, -0.15) is 0 Å². The Hall–Kier alpha value is -2.54. The molecule has 1 aliphatic carbocycles. The zero-order chi connectivity index (χ0) is 24.0. The van der Waals surface area contributed by atoms with Crippen LogP contribution in [0.5, 0.6) is 0 Å². The number of Topliss-reactive ketones (excluding diaryl/α,β-unsaturated/α-hetero) is 2. The first-order valence-corrected chi connectivity index (χ1v) is 11.1. The molecule has 1 amide bonds. The van der Waals surface area contributed by atoms with E-state index in [1.807, 2.05) is 4.90 Å². The average Bonchev–Trinajstić information content (AvgIpc) is 3.33. The van der Waals surface area contributed by atoms with Crippen molar-refractivity contribution in [2.24, 2.45) is 17.4 Å². The zero-order valence-corrected chi connectivity index (χ0v) is 18.3. The first kappa shape index (κ1) is 24.1. The fourth-order valence-electron chi connectivity index (χ4n) is 4.46. The van der Waals surface area contributed by atoms with E-state index in [0.717, 1.165) is 0 Å². The van der Waals surface area contributed by atoms with Gasteiger partial charge in [-0.15, -0.1) is 6.58 Å². The number of hydrogen-bond acceptors (Lipinski definition) is 10.